The van der Waals surface area contributed by atoms with Crippen molar-refractivity contribution in [3.8, 4) is 0 Å². The normalized spacial score (nSPS) is 23.9. The molecule has 0 radical (unpaired) electrons. The topological polar surface area (TPSA) is 44.4 Å². The van der Waals surface area contributed by atoms with E-state index in [0.717, 1.165) is 63.6 Å². The smallest absolute Gasteiger partial charge is 0.385 e. The number of aryl methyl sites for hydroxylation is 1. The molecular weight excluding hydrogens is 415 g/mol. The molecule has 0 bridgehead atoms. The van der Waals surface area contributed by atoms with Gasteiger partial charge in [-0.05, 0) is 87.1 Å². The molecule has 2 fully saturated rings. The first-order valence-electron chi connectivity index (χ1n) is 11.8. The van der Waals surface area contributed by atoms with Gasteiger partial charge < -0.3 is 15.5 Å². The molecule has 0 aromatic heterocycles. The molecule has 1 heterocycles. The van der Waals surface area contributed by atoms with Crippen LogP contribution in [0.5, 0.6) is 0 Å². The van der Waals surface area contributed by atoms with E-state index in [1.165, 1.54) is 0 Å². The highest BCUT2D eigenvalue weighted by molar-refractivity contribution is 5.78. The van der Waals surface area contributed by atoms with Crippen LogP contribution >= 0.6 is 0 Å². The number of nitrogens with zero attached hydrogens (tertiary/aromatic N) is 1. The van der Waals surface area contributed by atoms with Crippen molar-refractivity contribution in [3.63, 3.8) is 0 Å². The summed E-state index contributed by atoms with van der Waals surface area (Å²) in [4.78, 5) is 14.5. The van der Waals surface area contributed by atoms with Crippen LogP contribution in [-0.2, 0) is 11.0 Å². The molecule has 1 aliphatic heterocycles. The number of rotatable bonds is 8. The fourth-order valence-corrected chi connectivity index (χ4v) is 4.98. The summed E-state index contributed by atoms with van der Waals surface area (Å²) in [6.07, 6.45) is 2.94. The molecule has 1 saturated heterocycles. The molecule has 0 spiro atoms. The third-order valence-corrected chi connectivity index (χ3v) is 6.91. The molecule has 3 rings (SSSR count). The Morgan fingerprint density at radius 1 is 1.16 bits per heavy atom. The largest absolute Gasteiger partial charge is 0.416 e. The molecule has 1 amide bonds. The van der Waals surface area contributed by atoms with Crippen molar-refractivity contribution >= 4 is 11.6 Å². The molecule has 1 atom stereocenters. The predicted octanol–water partition coefficient (Wildman–Crippen LogP) is 5.12. The van der Waals surface area contributed by atoms with Gasteiger partial charge in [0.25, 0.3) is 0 Å². The number of halogens is 3. The van der Waals surface area contributed by atoms with E-state index in [9.17, 15) is 18.0 Å². The summed E-state index contributed by atoms with van der Waals surface area (Å²) >= 11 is 0. The van der Waals surface area contributed by atoms with E-state index in [-0.39, 0.29) is 5.91 Å². The first-order valence-corrected chi connectivity index (χ1v) is 11.8. The van der Waals surface area contributed by atoms with Gasteiger partial charge in [0.15, 0.2) is 0 Å². The van der Waals surface area contributed by atoms with Gasteiger partial charge in [-0.2, -0.15) is 13.2 Å². The molecule has 1 aromatic carbocycles. The van der Waals surface area contributed by atoms with E-state index in [0.29, 0.717) is 47.9 Å². The van der Waals surface area contributed by atoms with Gasteiger partial charge in [0.05, 0.1) is 12.1 Å². The van der Waals surface area contributed by atoms with Crippen LogP contribution < -0.4 is 10.6 Å². The van der Waals surface area contributed by atoms with Gasteiger partial charge in [-0.25, -0.2) is 0 Å². The second-order valence-electron chi connectivity index (χ2n) is 9.33. The van der Waals surface area contributed by atoms with Crippen molar-refractivity contribution in [2.75, 3.05) is 19.6 Å². The summed E-state index contributed by atoms with van der Waals surface area (Å²) in [7, 11) is 0. The van der Waals surface area contributed by atoms with Crippen molar-refractivity contribution in [3.05, 3.63) is 41.5 Å². The maximum absolute atomic E-state index is 13.1. The lowest BCUT2D eigenvalue weighted by Crippen LogP contribution is -2.44. The number of carbonyl (C=O) groups is 1. The molecule has 32 heavy (non-hydrogen) atoms. The Kier molecular flexibility index (Phi) is 8.26. The van der Waals surface area contributed by atoms with Crippen LogP contribution in [0.1, 0.15) is 68.6 Å². The van der Waals surface area contributed by atoms with Gasteiger partial charge in [-0.1, -0.05) is 13.5 Å². The second kappa shape index (κ2) is 10.7. The van der Waals surface area contributed by atoms with Crippen LogP contribution in [0.4, 0.5) is 13.2 Å². The summed E-state index contributed by atoms with van der Waals surface area (Å²) in [6.45, 7) is 9.75. The molecule has 178 valence electrons. The van der Waals surface area contributed by atoms with Crippen molar-refractivity contribution in [2.24, 2.45) is 5.92 Å². The quantitative estimate of drug-likeness (QED) is 0.576. The number of hydrogen-bond donors (Lipinski definition) is 2. The van der Waals surface area contributed by atoms with Crippen molar-refractivity contribution in [2.45, 2.75) is 77.1 Å². The lowest BCUT2D eigenvalue weighted by molar-refractivity contribution is -0.137. The fourth-order valence-electron chi connectivity index (χ4n) is 4.98. The number of hydrogen-bond acceptors (Lipinski definition) is 3. The zero-order valence-corrected chi connectivity index (χ0v) is 19.2. The van der Waals surface area contributed by atoms with E-state index >= 15 is 0 Å². The average molecular weight is 452 g/mol. The van der Waals surface area contributed by atoms with Gasteiger partial charge in [-0.3, -0.25) is 4.79 Å². The van der Waals surface area contributed by atoms with Crippen LogP contribution in [0.2, 0.25) is 0 Å². The average Bonchev–Trinajstić information content (AvgIpc) is 3.24. The van der Waals surface area contributed by atoms with Crippen molar-refractivity contribution in [1.29, 1.82) is 0 Å². The maximum Gasteiger partial charge on any atom is 0.416 e. The van der Waals surface area contributed by atoms with Gasteiger partial charge in [-0.15, -0.1) is 0 Å². The van der Waals surface area contributed by atoms with Crippen LogP contribution in [-0.4, -0.2) is 42.5 Å². The highest BCUT2D eigenvalue weighted by Crippen LogP contribution is 2.32. The van der Waals surface area contributed by atoms with Gasteiger partial charge in [0.1, 0.15) is 0 Å². The minimum atomic E-state index is -4.36. The minimum absolute atomic E-state index is 0.214. The number of amides is 1. The summed E-state index contributed by atoms with van der Waals surface area (Å²) in [5, 5.41) is 6.69. The molecule has 1 aromatic rings. The molecule has 2 aliphatic rings. The molecule has 1 unspecified atom stereocenters. The van der Waals surface area contributed by atoms with Gasteiger partial charge >= 0.3 is 6.18 Å². The fraction of sp³-hybridized carbons (Fsp3) is 0.640. The van der Waals surface area contributed by atoms with Crippen LogP contribution in [0.25, 0.3) is 5.70 Å². The first-order chi connectivity index (χ1) is 15.2. The standard InChI is InChI=1S/C25H36F3N3O/c1-4-23-6-5-11-31(23)24(32)16-30-22-9-7-19(8-10-22)15-29-18(3)20-12-17(2)13-21(14-20)25(26,27)28/h12-14,19,22-23,29-30H,3-11,15-16H2,1-2H3/t19-,22-,23?. The summed E-state index contributed by atoms with van der Waals surface area (Å²) in [5.41, 5.74) is 0.938. The van der Waals surface area contributed by atoms with E-state index < -0.39 is 11.7 Å². The molecule has 2 N–H and O–H groups in total. The summed E-state index contributed by atoms with van der Waals surface area (Å²) in [5.74, 6) is 0.668. The molecular formula is C25H36F3N3O. The number of benzene rings is 1. The Morgan fingerprint density at radius 2 is 1.88 bits per heavy atom. The van der Waals surface area contributed by atoms with Gasteiger partial charge in [0, 0.05) is 30.9 Å². The van der Waals surface area contributed by atoms with Crippen LogP contribution in [0.3, 0.4) is 0 Å². The van der Waals surface area contributed by atoms with E-state index in [1.54, 1.807) is 13.0 Å². The Hall–Kier alpha value is -2.02. The summed E-state index contributed by atoms with van der Waals surface area (Å²) < 4.78 is 39.2. The lowest BCUT2D eigenvalue weighted by Gasteiger charge is -2.31. The highest BCUT2D eigenvalue weighted by Gasteiger charge is 2.31. The zero-order valence-electron chi connectivity index (χ0n) is 19.2. The molecule has 1 saturated carbocycles. The number of nitrogens with one attached hydrogen (secondary N) is 2. The lowest BCUT2D eigenvalue weighted by atomic mass is 9.86. The number of likely N-dealkylation sites (tertiary alicyclic amines) is 1. The van der Waals surface area contributed by atoms with Crippen LogP contribution in [0.15, 0.2) is 24.8 Å². The maximum atomic E-state index is 13.1. The second-order valence-corrected chi connectivity index (χ2v) is 9.33. The third kappa shape index (κ3) is 6.50. The minimum Gasteiger partial charge on any atom is -0.385 e. The zero-order chi connectivity index (χ0) is 23.3. The van der Waals surface area contributed by atoms with E-state index in [1.807, 2.05) is 4.90 Å². The number of carbonyl (C=O) groups excluding carboxylic acids is 1. The SMILES string of the molecule is C=C(NC[C@H]1CC[C@H](NCC(=O)N2CCCC2CC)CC1)c1cc(C)cc(C(F)(F)F)c1. The van der Waals surface area contributed by atoms with E-state index in [4.69, 9.17) is 0 Å². The van der Waals surface area contributed by atoms with Crippen molar-refractivity contribution < 1.29 is 18.0 Å². The van der Waals surface area contributed by atoms with Crippen molar-refractivity contribution in [1.82, 2.24) is 15.5 Å². The summed E-state index contributed by atoms with van der Waals surface area (Å²) in [6, 6.07) is 4.80. The Labute approximate surface area is 189 Å². The molecule has 1 aliphatic carbocycles. The molecule has 7 heteroatoms. The Morgan fingerprint density at radius 3 is 2.53 bits per heavy atom. The van der Waals surface area contributed by atoms with E-state index in [2.05, 4.69) is 24.1 Å². The molecule has 4 nitrogen and oxygen atoms in total. The Bertz CT molecular complexity index is 800. The third-order valence-electron chi connectivity index (χ3n) is 6.91. The van der Waals surface area contributed by atoms with Crippen LogP contribution in [0, 0.1) is 12.8 Å². The predicted molar refractivity (Wildman–Crippen MR) is 122 cm³/mol. The monoisotopic (exact) mass is 451 g/mol. The number of alkyl halides is 3. The highest BCUT2D eigenvalue weighted by atomic mass is 19.4. The Balaban J connectivity index is 1.40. The first kappa shape index (κ1) is 24.6. The van der Waals surface area contributed by atoms with Gasteiger partial charge in [0.2, 0.25) is 5.91 Å².